The van der Waals surface area contributed by atoms with Crippen molar-refractivity contribution in [2.24, 2.45) is 0 Å². The Morgan fingerprint density at radius 2 is 1.77 bits per heavy atom. The third kappa shape index (κ3) is 5.12. The van der Waals surface area contributed by atoms with Crippen LogP contribution in [0.5, 0.6) is 5.75 Å². The van der Waals surface area contributed by atoms with Crippen LogP contribution >= 0.6 is 0 Å². The monoisotopic (exact) mass is 432 g/mol. The van der Waals surface area contributed by atoms with E-state index in [0.717, 1.165) is 0 Å². The number of sulfonamides is 1. The lowest BCUT2D eigenvalue weighted by atomic mass is 10.1. The van der Waals surface area contributed by atoms with E-state index in [0.29, 0.717) is 42.3 Å². The van der Waals surface area contributed by atoms with Gasteiger partial charge in [0.05, 0.1) is 23.7 Å². The zero-order valence-corrected chi connectivity index (χ0v) is 18.5. The second-order valence-electron chi connectivity index (χ2n) is 7.51. The second-order valence-corrected chi connectivity index (χ2v) is 9.16. The van der Waals surface area contributed by atoms with Gasteiger partial charge in [-0.2, -0.15) is 0 Å². The summed E-state index contributed by atoms with van der Waals surface area (Å²) in [5.74, 6) is 0.465. The first-order valence-electron chi connectivity index (χ1n) is 10.0. The number of nitrogens with one attached hydrogen (secondary N) is 1. The van der Waals surface area contributed by atoms with Crippen LogP contribution in [0.3, 0.4) is 0 Å². The van der Waals surface area contributed by atoms with Gasteiger partial charge in [0, 0.05) is 24.3 Å². The van der Waals surface area contributed by atoms with Gasteiger partial charge in [-0.25, -0.2) is 8.42 Å². The summed E-state index contributed by atoms with van der Waals surface area (Å²) in [6, 6.07) is 11.5. The molecule has 0 unspecified atom stereocenters. The summed E-state index contributed by atoms with van der Waals surface area (Å²) >= 11 is 0. The molecule has 1 heterocycles. The van der Waals surface area contributed by atoms with Crippen LogP contribution in [0.15, 0.2) is 47.4 Å². The number of aryl methyl sites for hydroxylation is 1. The minimum atomic E-state index is -3.86. The number of hydrogen-bond donors (Lipinski definition) is 1. The summed E-state index contributed by atoms with van der Waals surface area (Å²) in [4.78, 5) is 14.8. The Hall–Kier alpha value is -2.58. The van der Waals surface area contributed by atoms with Crippen molar-refractivity contribution in [2.45, 2.75) is 44.8 Å². The zero-order valence-electron chi connectivity index (χ0n) is 17.7. The zero-order chi connectivity index (χ0) is 21.9. The molecule has 0 aromatic heterocycles. The summed E-state index contributed by atoms with van der Waals surface area (Å²) in [6.45, 7) is 8.91. The van der Waals surface area contributed by atoms with E-state index >= 15 is 0 Å². The van der Waals surface area contributed by atoms with Crippen LogP contribution in [0, 0.1) is 6.92 Å². The van der Waals surface area contributed by atoms with Gasteiger partial charge in [0.1, 0.15) is 5.75 Å². The molecule has 1 fully saturated rings. The lowest BCUT2D eigenvalue weighted by Crippen LogP contribution is -2.48. The second kappa shape index (κ2) is 9.06. The molecule has 30 heavy (non-hydrogen) atoms. The summed E-state index contributed by atoms with van der Waals surface area (Å²) in [5, 5.41) is 0. The molecule has 1 aliphatic heterocycles. The van der Waals surface area contributed by atoms with Gasteiger partial charge in [-0.05, 0) is 69.7 Å². The van der Waals surface area contributed by atoms with Crippen LogP contribution < -0.4 is 9.46 Å². The van der Waals surface area contributed by atoms with E-state index in [2.05, 4.69) is 4.72 Å². The summed E-state index contributed by atoms with van der Waals surface area (Å²) in [5.41, 5.74) is 1.33. The Bertz CT molecular complexity index is 995. The predicted molar refractivity (Wildman–Crippen MR) is 116 cm³/mol. The van der Waals surface area contributed by atoms with Gasteiger partial charge in [-0.3, -0.25) is 9.52 Å². The van der Waals surface area contributed by atoms with Crippen LogP contribution in [0.4, 0.5) is 5.69 Å². The largest absolute Gasteiger partial charge is 0.494 e. The maximum Gasteiger partial charge on any atom is 0.262 e. The molecular formula is C22H28N2O5S. The summed E-state index contributed by atoms with van der Waals surface area (Å²) in [6.07, 6.45) is -0.125. The fourth-order valence-electron chi connectivity index (χ4n) is 3.54. The van der Waals surface area contributed by atoms with Gasteiger partial charge >= 0.3 is 0 Å². The standard InChI is InChI=1S/C22H28N2O5S/c1-5-28-20-10-8-19(9-11-20)23-30(26,27)21-12-18(7-6-15(21)2)22(25)24-13-16(3)29-17(4)14-24/h6-12,16-17,23H,5,13-14H2,1-4H3/t16-,17-/m1/s1. The lowest BCUT2D eigenvalue weighted by Gasteiger charge is -2.35. The van der Waals surface area contributed by atoms with Crippen molar-refractivity contribution in [2.75, 3.05) is 24.4 Å². The van der Waals surface area contributed by atoms with E-state index in [-0.39, 0.29) is 23.0 Å². The Kier molecular flexibility index (Phi) is 6.67. The number of carbonyl (C=O) groups is 1. The number of rotatable bonds is 6. The average molecular weight is 433 g/mol. The fraction of sp³-hybridized carbons (Fsp3) is 0.409. The van der Waals surface area contributed by atoms with Crippen LogP contribution in [-0.4, -0.2) is 51.1 Å². The number of benzene rings is 2. The predicted octanol–water partition coefficient (Wildman–Crippen LogP) is 3.44. The first-order chi connectivity index (χ1) is 14.2. The van der Waals surface area contributed by atoms with Crippen molar-refractivity contribution in [3.63, 3.8) is 0 Å². The molecule has 0 aliphatic carbocycles. The number of morpholine rings is 1. The van der Waals surface area contributed by atoms with Gasteiger partial charge < -0.3 is 14.4 Å². The number of anilines is 1. The molecule has 0 bridgehead atoms. The molecule has 1 saturated heterocycles. The topological polar surface area (TPSA) is 84.9 Å². The quantitative estimate of drug-likeness (QED) is 0.756. The minimum absolute atomic E-state index is 0.0623. The van der Waals surface area contributed by atoms with Crippen molar-refractivity contribution in [3.8, 4) is 5.75 Å². The van der Waals surface area contributed by atoms with Crippen LogP contribution in [0.2, 0.25) is 0 Å². The number of hydrogen-bond acceptors (Lipinski definition) is 5. The van der Waals surface area contributed by atoms with E-state index < -0.39 is 10.0 Å². The highest BCUT2D eigenvalue weighted by molar-refractivity contribution is 7.92. The number of ether oxygens (including phenoxy) is 2. The Morgan fingerprint density at radius 3 is 2.37 bits per heavy atom. The third-order valence-electron chi connectivity index (χ3n) is 4.85. The molecule has 3 rings (SSSR count). The van der Waals surface area contributed by atoms with Gasteiger partial charge in [0.25, 0.3) is 15.9 Å². The van der Waals surface area contributed by atoms with E-state index in [1.807, 2.05) is 20.8 Å². The Labute approximate surface area is 178 Å². The number of amides is 1. The van der Waals surface area contributed by atoms with Crippen molar-refractivity contribution in [1.29, 1.82) is 0 Å². The summed E-state index contributed by atoms with van der Waals surface area (Å²) < 4.78 is 39.6. The highest BCUT2D eigenvalue weighted by atomic mass is 32.2. The van der Waals surface area contributed by atoms with Crippen molar-refractivity contribution >= 4 is 21.6 Å². The molecule has 0 saturated carbocycles. The molecular weight excluding hydrogens is 404 g/mol. The smallest absolute Gasteiger partial charge is 0.262 e. The molecule has 162 valence electrons. The molecule has 1 N–H and O–H groups in total. The first-order valence-corrected chi connectivity index (χ1v) is 11.5. The minimum Gasteiger partial charge on any atom is -0.494 e. The molecule has 2 aromatic carbocycles. The van der Waals surface area contributed by atoms with E-state index in [1.54, 1.807) is 48.2 Å². The normalized spacial score (nSPS) is 19.4. The molecule has 0 radical (unpaired) electrons. The molecule has 2 atom stereocenters. The molecule has 2 aromatic rings. The van der Waals surface area contributed by atoms with Crippen LogP contribution in [0.25, 0.3) is 0 Å². The maximum absolute atomic E-state index is 13.0. The molecule has 0 spiro atoms. The summed E-state index contributed by atoms with van der Waals surface area (Å²) in [7, 11) is -3.86. The molecule has 1 amide bonds. The Balaban J connectivity index is 1.83. The molecule has 8 heteroatoms. The van der Waals surface area contributed by atoms with Gasteiger partial charge in [0.15, 0.2) is 0 Å². The van der Waals surface area contributed by atoms with Crippen molar-refractivity contribution in [3.05, 3.63) is 53.6 Å². The molecule has 7 nitrogen and oxygen atoms in total. The average Bonchev–Trinajstić information content (AvgIpc) is 2.68. The van der Waals surface area contributed by atoms with Crippen molar-refractivity contribution < 1.29 is 22.7 Å². The van der Waals surface area contributed by atoms with Gasteiger partial charge in [0.2, 0.25) is 0 Å². The highest BCUT2D eigenvalue weighted by Gasteiger charge is 2.28. The fourth-order valence-corrected chi connectivity index (χ4v) is 4.88. The maximum atomic E-state index is 13.0. The Morgan fingerprint density at radius 1 is 1.13 bits per heavy atom. The van der Waals surface area contributed by atoms with E-state index in [4.69, 9.17) is 9.47 Å². The van der Waals surface area contributed by atoms with Crippen LogP contribution in [-0.2, 0) is 14.8 Å². The highest BCUT2D eigenvalue weighted by Crippen LogP contribution is 2.24. The van der Waals surface area contributed by atoms with Gasteiger partial charge in [-0.1, -0.05) is 6.07 Å². The van der Waals surface area contributed by atoms with Crippen LogP contribution in [0.1, 0.15) is 36.7 Å². The lowest BCUT2D eigenvalue weighted by molar-refractivity contribution is -0.0586. The SMILES string of the molecule is CCOc1ccc(NS(=O)(=O)c2cc(C(=O)N3C[C@@H](C)O[C@H](C)C3)ccc2C)cc1. The van der Waals surface area contributed by atoms with Crippen molar-refractivity contribution in [1.82, 2.24) is 4.90 Å². The number of carbonyl (C=O) groups excluding carboxylic acids is 1. The first kappa shape index (κ1) is 22.1. The van der Waals surface area contributed by atoms with Gasteiger partial charge in [-0.15, -0.1) is 0 Å². The van der Waals surface area contributed by atoms with E-state index in [1.165, 1.54) is 6.07 Å². The number of nitrogens with zero attached hydrogens (tertiary/aromatic N) is 1. The van der Waals surface area contributed by atoms with E-state index in [9.17, 15) is 13.2 Å². The molecule has 1 aliphatic rings. The third-order valence-corrected chi connectivity index (χ3v) is 6.37.